The summed E-state index contributed by atoms with van der Waals surface area (Å²) < 4.78 is 45.1. The van der Waals surface area contributed by atoms with Gasteiger partial charge in [-0.3, -0.25) is 4.79 Å². The molecule has 0 N–H and O–H groups in total. The highest BCUT2D eigenvalue weighted by molar-refractivity contribution is 7.89. The van der Waals surface area contributed by atoms with Gasteiger partial charge in [0.15, 0.2) is 0 Å². The van der Waals surface area contributed by atoms with Gasteiger partial charge in [0.25, 0.3) is 0 Å². The fourth-order valence-electron chi connectivity index (χ4n) is 3.05. The van der Waals surface area contributed by atoms with E-state index in [1.54, 1.807) is 0 Å². The summed E-state index contributed by atoms with van der Waals surface area (Å²) in [6.45, 7) is 2.38. The summed E-state index contributed by atoms with van der Waals surface area (Å²) in [5.74, 6) is -0.775. The van der Waals surface area contributed by atoms with E-state index in [9.17, 15) is 17.6 Å². The van der Waals surface area contributed by atoms with Crippen LogP contribution in [0.4, 0.5) is 4.39 Å². The van der Waals surface area contributed by atoms with Gasteiger partial charge in [0.1, 0.15) is 11.9 Å². The van der Waals surface area contributed by atoms with E-state index < -0.39 is 21.8 Å². The van der Waals surface area contributed by atoms with E-state index in [-0.39, 0.29) is 23.5 Å². The van der Waals surface area contributed by atoms with Gasteiger partial charge in [-0.1, -0.05) is 0 Å². The lowest BCUT2D eigenvalue weighted by molar-refractivity contribution is -0.155. The second-order valence-electron chi connectivity index (χ2n) is 6.64. The molecular formula is C17H22FNO4S. The quantitative estimate of drug-likeness (QED) is 0.762. The molecule has 2 fully saturated rings. The lowest BCUT2D eigenvalue weighted by Crippen LogP contribution is -2.43. The third kappa shape index (κ3) is 3.78. The Morgan fingerprint density at radius 3 is 2.54 bits per heavy atom. The molecule has 0 unspecified atom stereocenters. The highest BCUT2D eigenvalue weighted by Gasteiger charge is 2.36. The Kier molecular flexibility index (Phi) is 4.92. The van der Waals surface area contributed by atoms with Crippen molar-refractivity contribution in [2.75, 3.05) is 13.1 Å². The molecule has 2 aliphatic rings. The van der Waals surface area contributed by atoms with Crippen LogP contribution in [0.1, 0.15) is 32.6 Å². The van der Waals surface area contributed by atoms with Crippen LogP contribution in [0.2, 0.25) is 0 Å². The van der Waals surface area contributed by atoms with Gasteiger partial charge < -0.3 is 4.74 Å². The van der Waals surface area contributed by atoms with Crippen LogP contribution in [0, 0.1) is 17.7 Å². The molecule has 5 nitrogen and oxygen atoms in total. The molecule has 1 saturated heterocycles. The van der Waals surface area contributed by atoms with Gasteiger partial charge in [-0.15, -0.1) is 0 Å². The summed E-state index contributed by atoms with van der Waals surface area (Å²) in [7, 11) is -3.72. The smallest absolute Gasteiger partial charge is 0.310 e. The number of hydrogen-bond acceptors (Lipinski definition) is 4. The third-order valence-corrected chi connectivity index (χ3v) is 6.64. The Labute approximate surface area is 141 Å². The van der Waals surface area contributed by atoms with Crippen LogP contribution >= 0.6 is 0 Å². The summed E-state index contributed by atoms with van der Waals surface area (Å²) in [5.41, 5.74) is 0. The predicted molar refractivity (Wildman–Crippen MR) is 86.2 cm³/mol. The van der Waals surface area contributed by atoms with Gasteiger partial charge in [0, 0.05) is 13.1 Å². The van der Waals surface area contributed by atoms with Gasteiger partial charge in [0.05, 0.1) is 10.8 Å². The lowest BCUT2D eigenvalue weighted by atomic mass is 10.00. The fourth-order valence-corrected chi connectivity index (χ4v) is 4.57. The van der Waals surface area contributed by atoms with Crippen LogP contribution in [0.3, 0.4) is 0 Å². The van der Waals surface area contributed by atoms with Crippen LogP contribution in [0.5, 0.6) is 0 Å². The van der Waals surface area contributed by atoms with E-state index in [0.717, 1.165) is 25.0 Å². The number of nitrogens with zero attached hydrogens (tertiary/aromatic N) is 1. The first-order chi connectivity index (χ1) is 11.4. The summed E-state index contributed by atoms with van der Waals surface area (Å²) in [4.78, 5) is 12.3. The maximum Gasteiger partial charge on any atom is 0.310 e. The first-order valence-corrected chi connectivity index (χ1v) is 9.78. The summed E-state index contributed by atoms with van der Waals surface area (Å²) >= 11 is 0. The second-order valence-corrected chi connectivity index (χ2v) is 8.57. The zero-order valence-electron chi connectivity index (χ0n) is 13.7. The Balaban J connectivity index is 1.67. The molecule has 7 heteroatoms. The first kappa shape index (κ1) is 17.4. The van der Waals surface area contributed by atoms with Crippen molar-refractivity contribution in [2.24, 2.45) is 11.8 Å². The number of piperidine rings is 1. The first-order valence-electron chi connectivity index (χ1n) is 8.34. The number of hydrogen-bond donors (Lipinski definition) is 0. The Hall–Kier alpha value is -1.47. The molecule has 0 bridgehead atoms. The van der Waals surface area contributed by atoms with Crippen molar-refractivity contribution in [1.82, 2.24) is 4.31 Å². The zero-order valence-corrected chi connectivity index (χ0v) is 14.5. The summed E-state index contributed by atoms with van der Waals surface area (Å²) in [6.07, 6.45) is 3.32. The van der Waals surface area contributed by atoms with E-state index in [4.69, 9.17) is 4.74 Å². The highest BCUT2D eigenvalue weighted by atomic mass is 32.2. The Morgan fingerprint density at radius 1 is 1.25 bits per heavy atom. The van der Waals surface area contributed by atoms with Crippen molar-refractivity contribution >= 4 is 16.0 Å². The minimum absolute atomic E-state index is 0.0456. The molecule has 1 aromatic carbocycles. The van der Waals surface area contributed by atoms with E-state index in [2.05, 4.69) is 0 Å². The maximum absolute atomic E-state index is 13.0. The van der Waals surface area contributed by atoms with E-state index in [0.29, 0.717) is 25.3 Å². The summed E-state index contributed by atoms with van der Waals surface area (Å²) in [6, 6.07) is 4.75. The van der Waals surface area contributed by atoms with E-state index in [1.165, 1.54) is 16.4 Å². The number of carbonyl (C=O) groups excluding carboxylic acids is 1. The normalized spacial score (nSPS) is 23.7. The standard InChI is InChI=1S/C17H22FNO4S/c1-12(13-4-5-13)23-17(20)14-3-2-10-19(11-14)24(21,22)16-8-6-15(18)7-9-16/h6-9,12-14H,2-5,10-11H2,1H3/t12-,14+/m0/s1. The van der Waals surface area contributed by atoms with Crippen LogP contribution in [0.15, 0.2) is 29.2 Å². The molecule has 2 atom stereocenters. The molecule has 3 rings (SSSR count). The third-order valence-electron chi connectivity index (χ3n) is 4.76. The molecule has 1 heterocycles. The van der Waals surface area contributed by atoms with Crippen molar-refractivity contribution in [1.29, 1.82) is 0 Å². The number of sulfonamides is 1. The SMILES string of the molecule is C[C@H](OC(=O)[C@@H]1CCCN(S(=O)(=O)c2ccc(F)cc2)C1)C1CC1. The van der Waals surface area contributed by atoms with E-state index in [1.807, 2.05) is 6.92 Å². The molecule has 132 valence electrons. The molecule has 24 heavy (non-hydrogen) atoms. The van der Waals surface area contributed by atoms with Crippen molar-refractivity contribution in [3.63, 3.8) is 0 Å². The fraction of sp³-hybridized carbons (Fsp3) is 0.588. The minimum Gasteiger partial charge on any atom is -0.462 e. The Bertz CT molecular complexity index is 700. The van der Waals surface area contributed by atoms with Gasteiger partial charge >= 0.3 is 5.97 Å². The monoisotopic (exact) mass is 355 g/mol. The van der Waals surface area contributed by atoms with Gasteiger partial charge in [0.2, 0.25) is 10.0 Å². The average molecular weight is 355 g/mol. The number of halogens is 1. The van der Waals surface area contributed by atoms with Crippen molar-refractivity contribution < 1.29 is 22.3 Å². The maximum atomic E-state index is 13.0. The molecule has 1 aliphatic heterocycles. The minimum atomic E-state index is -3.72. The molecular weight excluding hydrogens is 333 g/mol. The molecule has 0 aromatic heterocycles. The van der Waals surface area contributed by atoms with Gasteiger partial charge in [-0.05, 0) is 62.8 Å². The lowest BCUT2D eigenvalue weighted by Gasteiger charge is -2.31. The van der Waals surface area contributed by atoms with Gasteiger partial charge in [-0.2, -0.15) is 4.31 Å². The van der Waals surface area contributed by atoms with Crippen LogP contribution in [-0.4, -0.2) is 37.9 Å². The van der Waals surface area contributed by atoms with Crippen LogP contribution in [-0.2, 0) is 19.6 Å². The number of esters is 1. The van der Waals surface area contributed by atoms with Gasteiger partial charge in [-0.25, -0.2) is 12.8 Å². The molecule has 1 aromatic rings. The number of ether oxygens (including phenoxy) is 1. The molecule has 0 amide bonds. The largest absolute Gasteiger partial charge is 0.462 e. The molecule has 1 saturated carbocycles. The van der Waals surface area contributed by atoms with Crippen LogP contribution in [0.25, 0.3) is 0 Å². The average Bonchev–Trinajstić information content (AvgIpc) is 3.40. The molecule has 1 aliphatic carbocycles. The predicted octanol–water partition coefficient (Wildman–Crippen LogP) is 2.57. The Morgan fingerprint density at radius 2 is 1.92 bits per heavy atom. The zero-order chi connectivity index (χ0) is 17.3. The number of carbonyl (C=O) groups is 1. The topological polar surface area (TPSA) is 63.7 Å². The molecule has 0 spiro atoms. The summed E-state index contributed by atoms with van der Waals surface area (Å²) in [5, 5.41) is 0. The van der Waals surface area contributed by atoms with Crippen molar-refractivity contribution in [2.45, 2.75) is 43.6 Å². The highest BCUT2D eigenvalue weighted by Crippen LogP contribution is 2.35. The number of rotatable bonds is 5. The van der Waals surface area contributed by atoms with Crippen molar-refractivity contribution in [3.05, 3.63) is 30.1 Å². The number of benzene rings is 1. The van der Waals surface area contributed by atoms with E-state index >= 15 is 0 Å². The van der Waals surface area contributed by atoms with Crippen molar-refractivity contribution in [3.8, 4) is 0 Å². The van der Waals surface area contributed by atoms with Crippen LogP contribution < -0.4 is 0 Å². The second kappa shape index (κ2) is 6.80. The molecule has 0 radical (unpaired) electrons.